The lowest BCUT2D eigenvalue weighted by Gasteiger charge is -2.06. The van der Waals surface area contributed by atoms with Gasteiger partial charge in [0, 0.05) is 13.2 Å². The molecule has 0 saturated heterocycles. The molecule has 148 valence electrons. The fourth-order valence-corrected chi connectivity index (χ4v) is 4.97. The maximum atomic E-state index is 12.7. The SMILES string of the molecule is CCOCCn1/c(=N/S(=O)(=O)c2ccccc2)sc2cc(C(=O)OC)ccc21. The number of carbonyl (C=O) groups is 1. The zero-order valence-electron chi connectivity index (χ0n) is 15.5. The topological polar surface area (TPSA) is 87.0 Å². The Balaban J connectivity index is 2.16. The monoisotopic (exact) mass is 420 g/mol. The summed E-state index contributed by atoms with van der Waals surface area (Å²) in [5, 5.41) is 0. The van der Waals surface area contributed by atoms with Gasteiger partial charge in [0.2, 0.25) is 4.80 Å². The van der Waals surface area contributed by atoms with Crippen LogP contribution >= 0.6 is 11.3 Å². The van der Waals surface area contributed by atoms with Crippen molar-refractivity contribution >= 4 is 37.5 Å². The summed E-state index contributed by atoms with van der Waals surface area (Å²) in [5.74, 6) is -0.452. The van der Waals surface area contributed by atoms with Crippen molar-refractivity contribution in [3.05, 3.63) is 58.9 Å². The second kappa shape index (κ2) is 8.68. The largest absolute Gasteiger partial charge is 0.465 e. The van der Waals surface area contributed by atoms with Gasteiger partial charge in [-0.2, -0.15) is 8.42 Å². The highest BCUT2D eigenvalue weighted by molar-refractivity contribution is 7.90. The number of rotatable bonds is 7. The van der Waals surface area contributed by atoms with Crippen molar-refractivity contribution in [2.45, 2.75) is 18.4 Å². The Kier molecular flexibility index (Phi) is 6.28. The number of ether oxygens (including phenoxy) is 2. The van der Waals surface area contributed by atoms with Crippen molar-refractivity contribution < 1.29 is 22.7 Å². The summed E-state index contributed by atoms with van der Waals surface area (Å²) < 4.78 is 42.2. The van der Waals surface area contributed by atoms with E-state index in [0.717, 1.165) is 10.2 Å². The van der Waals surface area contributed by atoms with E-state index in [-0.39, 0.29) is 4.90 Å². The Hall–Kier alpha value is -2.49. The van der Waals surface area contributed by atoms with Gasteiger partial charge >= 0.3 is 5.97 Å². The highest BCUT2D eigenvalue weighted by atomic mass is 32.2. The van der Waals surface area contributed by atoms with Gasteiger partial charge in [-0.1, -0.05) is 29.5 Å². The molecule has 1 aromatic heterocycles. The molecule has 0 spiro atoms. The fourth-order valence-electron chi connectivity index (χ4n) is 2.65. The van der Waals surface area contributed by atoms with Crippen LogP contribution in [0.4, 0.5) is 0 Å². The average Bonchev–Trinajstić information content (AvgIpc) is 3.04. The molecule has 0 atom stereocenters. The quantitative estimate of drug-likeness (QED) is 0.433. The predicted molar refractivity (Wildman–Crippen MR) is 107 cm³/mol. The van der Waals surface area contributed by atoms with Gasteiger partial charge in [-0.05, 0) is 37.3 Å². The lowest BCUT2D eigenvalue weighted by molar-refractivity contribution is 0.0601. The lowest BCUT2D eigenvalue weighted by Crippen LogP contribution is -2.20. The molecule has 3 rings (SSSR count). The number of carbonyl (C=O) groups excluding carboxylic acids is 1. The maximum Gasteiger partial charge on any atom is 0.337 e. The standard InChI is InChI=1S/C19H20N2O5S2/c1-3-26-12-11-21-16-10-9-14(18(22)25-2)13-17(16)27-19(21)20-28(23,24)15-7-5-4-6-8-15/h4-10,13H,3,11-12H2,1-2H3/b20-19-. The zero-order chi connectivity index (χ0) is 20.1. The summed E-state index contributed by atoms with van der Waals surface area (Å²) >= 11 is 1.20. The van der Waals surface area contributed by atoms with Crippen molar-refractivity contribution in [1.82, 2.24) is 4.57 Å². The molecule has 0 aliphatic heterocycles. The number of fused-ring (bicyclic) bond motifs is 1. The molecule has 9 heteroatoms. The van der Waals surface area contributed by atoms with Crippen LogP contribution in [0.25, 0.3) is 10.2 Å². The van der Waals surface area contributed by atoms with E-state index in [1.807, 2.05) is 6.92 Å². The van der Waals surface area contributed by atoms with Crippen LogP contribution in [-0.4, -0.2) is 39.3 Å². The van der Waals surface area contributed by atoms with Gasteiger partial charge in [0.1, 0.15) is 0 Å². The number of benzene rings is 2. The molecule has 0 bridgehead atoms. The smallest absolute Gasteiger partial charge is 0.337 e. The molecule has 7 nitrogen and oxygen atoms in total. The zero-order valence-corrected chi connectivity index (χ0v) is 17.1. The van der Waals surface area contributed by atoms with E-state index in [2.05, 4.69) is 4.40 Å². The Morgan fingerprint density at radius 3 is 2.61 bits per heavy atom. The van der Waals surface area contributed by atoms with E-state index in [0.29, 0.717) is 30.1 Å². The molecular weight excluding hydrogens is 400 g/mol. The molecule has 0 radical (unpaired) electrons. The molecule has 0 N–H and O–H groups in total. The normalized spacial score (nSPS) is 12.4. The van der Waals surface area contributed by atoms with E-state index in [4.69, 9.17) is 9.47 Å². The summed E-state index contributed by atoms with van der Waals surface area (Å²) in [4.78, 5) is 12.3. The van der Waals surface area contributed by atoms with Gasteiger partial charge < -0.3 is 14.0 Å². The Morgan fingerprint density at radius 1 is 1.18 bits per heavy atom. The number of nitrogens with zero attached hydrogens (tertiary/aromatic N) is 2. The van der Waals surface area contributed by atoms with Gasteiger partial charge in [-0.3, -0.25) is 0 Å². The van der Waals surface area contributed by atoms with Crippen LogP contribution < -0.4 is 4.80 Å². The lowest BCUT2D eigenvalue weighted by atomic mass is 10.2. The Labute approximate surface area is 166 Å². The summed E-state index contributed by atoms with van der Waals surface area (Å²) in [7, 11) is -2.55. The average molecular weight is 421 g/mol. The van der Waals surface area contributed by atoms with Gasteiger partial charge in [0.05, 0.1) is 34.4 Å². The van der Waals surface area contributed by atoms with Gasteiger partial charge in [-0.25, -0.2) is 4.79 Å². The number of hydrogen-bond donors (Lipinski definition) is 0. The van der Waals surface area contributed by atoms with Crippen molar-refractivity contribution in [2.75, 3.05) is 20.3 Å². The second-order valence-corrected chi connectivity index (χ2v) is 8.40. The van der Waals surface area contributed by atoms with E-state index in [9.17, 15) is 13.2 Å². The number of sulfonamides is 1. The molecule has 0 aliphatic rings. The van der Waals surface area contributed by atoms with Crippen LogP contribution in [0.1, 0.15) is 17.3 Å². The fraction of sp³-hybridized carbons (Fsp3) is 0.263. The molecule has 1 heterocycles. The molecule has 0 unspecified atom stereocenters. The summed E-state index contributed by atoms with van der Waals surface area (Å²) in [6, 6.07) is 13.1. The van der Waals surface area contributed by atoms with Crippen LogP contribution in [0.3, 0.4) is 0 Å². The summed E-state index contributed by atoms with van der Waals surface area (Å²) in [6.45, 7) is 3.31. The Bertz CT molecular complexity index is 1150. The molecule has 0 aliphatic carbocycles. The first kappa shape index (κ1) is 20.2. The van der Waals surface area contributed by atoms with Gasteiger partial charge in [-0.15, -0.1) is 4.40 Å². The number of methoxy groups -OCH3 is 1. The van der Waals surface area contributed by atoms with Crippen LogP contribution in [-0.2, 0) is 26.0 Å². The van der Waals surface area contributed by atoms with Crippen molar-refractivity contribution in [1.29, 1.82) is 0 Å². The first-order chi connectivity index (χ1) is 13.5. The first-order valence-corrected chi connectivity index (χ1v) is 10.9. The highest BCUT2D eigenvalue weighted by Crippen LogP contribution is 2.21. The van der Waals surface area contributed by atoms with Crippen LogP contribution in [0.5, 0.6) is 0 Å². The first-order valence-electron chi connectivity index (χ1n) is 8.61. The second-order valence-electron chi connectivity index (χ2n) is 5.79. The molecule has 3 aromatic rings. The minimum Gasteiger partial charge on any atom is -0.465 e. The molecule has 0 amide bonds. The highest BCUT2D eigenvalue weighted by Gasteiger charge is 2.15. The van der Waals surface area contributed by atoms with E-state index >= 15 is 0 Å². The molecule has 2 aromatic carbocycles. The van der Waals surface area contributed by atoms with Gasteiger partial charge in [0.25, 0.3) is 10.0 Å². The summed E-state index contributed by atoms with van der Waals surface area (Å²) in [6.07, 6.45) is 0. The number of aromatic nitrogens is 1. The van der Waals surface area contributed by atoms with E-state index in [1.54, 1.807) is 41.0 Å². The van der Waals surface area contributed by atoms with Crippen LogP contribution in [0.2, 0.25) is 0 Å². The third-order valence-electron chi connectivity index (χ3n) is 4.01. The maximum absolute atomic E-state index is 12.7. The molecule has 28 heavy (non-hydrogen) atoms. The van der Waals surface area contributed by atoms with E-state index < -0.39 is 16.0 Å². The minimum absolute atomic E-state index is 0.124. The molecular formula is C19H20N2O5S2. The number of esters is 1. The van der Waals surface area contributed by atoms with Crippen molar-refractivity contribution in [3.63, 3.8) is 0 Å². The number of thiazole rings is 1. The molecule has 0 fully saturated rings. The number of hydrogen-bond acceptors (Lipinski definition) is 6. The van der Waals surface area contributed by atoms with Gasteiger partial charge in [0.15, 0.2) is 0 Å². The Morgan fingerprint density at radius 2 is 1.93 bits per heavy atom. The van der Waals surface area contributed by atoms with E-state index in [1.165, 1.54) is 30.6 Å². The third-order valence-corrected chi connectivity index (χ3v) is 6.44. The van der Waals surface area contributed by atoms with Crippen molar-refractivity contribution in [3.8, 4) is 0 Å². The summed E-state index contributed by atoms with van der Waals surface area (Å²) in [5.41, 5.74) is 1.17. The van der Waals surface area contributed by atoms with Crippen LogP contribution in [0, 0.1) is 0 Å². The predicted octanol–water partition coefficient (Wildman–Crippen LogP) is 2.82. The third kappa shape index (κ3) is 4.32. The minimum atomic E-state index is -3.86. The van der Waals surface area contributed by atoms with Crippen molar-refractivity contribution in [2.24, 2.45) is 4.40 Å². The van der Waals surface area contributed by atoms with Crippen LogP contribution in [0.15, 0.2) is 57.8 Å². The molecule has 0 saturated carbocycles.